The highest BCUT2D eigenvalue weighted by Crippen LogP contribution is 2.26. The van der Waals surface area contributed by atoms with Gasteiger partial charge in [0.25, 0.3) is 0 Å². The van der Waals surface area contributed by atoms with Gasteiger partial charge in [-0.1, -0.05) is 23.2 Å². The van der Waals surface area contributed by atoms with Crippen LogP contribution in [0.5, 0.6) is 0 Å². The molecule has 0 aliphatic rings. The topological polar surface area (TPSA) is 64.3 Å². The zero-order valence-corrected chi connectivity index (χ0v) is 14.1. The van der Waals surface area contributed by atoms with Crippen molar-refractivity contribution in [3.05, 3.63) is 40.4 Å². The Kier molecular flexibility index (Phi) is 4.66. The second kappa shape index (κ2) is 6.70. The van der Waals surface area contributed by atoms with Crippen molar-refractivity contribution in [2.24, 2.45) is 0 Å². The number of halogens is 2. The molecule has 0 bridgehead atoms. The summed E-state index contributed by atoms with van der Waals surface area (Å²) in [6.07, 6.45) is 0.0830. The molecule has 0 fully saturated rings. The first-order valence-electron chi connectivity index (χ1n) is 7.02. The van der Waals surface area contributed by atoms with Crippen molar-refractivity contribution >= 4 is 34.7 Å². The molecule has 0 amide bonds. The maximum atomic E-state index is 6.06. The Labute approximate surface area is 143 Å². The monoisotopic (exact) mass is 351 g/mol. The van der Waals surface area contributed by atoms with Gasteiger partial charge >= 0.3 is 0 Å². The number of methoxy groups -OCH3 is 1. The van der Waals surface area contributed by atoms with Crippen LogP contribution in [0.15, 0.2) is 30.3 Å². The molecule has 1 N–H and O–H groups in total. The summed E-state index contributed by atoms with van der Waals surface area (Å²) in [6.45, 7) is 2.62. The number of hydrogen-bond acceptors (Lipinski definition) is 5. The van der Waals surface area contributed by atoms with E-state index < -0.39 is 0 Å². The zero-order chi connectivity index (χ0) is 16.4. The van der Waals surface area contributed by atoms with E-state index in [1.54, 1.807) is 29.8 Å². The number of anilines is 1. The summed E-state index contributed by atoms with van der Waals surface area (Å²) in [6, 6.07) is 8.91. The van der Waals surface area contributed by atoms with Crippen molar-refractivity contribution < 1.29 is 4.74 Å². The molecule has 0 saturated carbocycles. The maximum absolute atomic E-state index is 6.06. The Morgan fingerprint density at radius 1 is 1.17 bits per heavy atom. The third kappa shape index (κ3) is 3.55. The Morgan fingerprint density at radius 3 is 2.61 bits per heavy atom. The summed E-state index contributed by atoms with van der Waals surface area (Å²) in [4.78, 5) is 0. The van der Waals surface area contributed by atoms with Gasteiger partial charge in [0, 0.05) is 29.3 Å². The van der Waals surface area contributed by atoms with E-state index in [1.165, 1.54) is 0 Å². The average Bonchev–Trinajstić information content (AvgIpc) is 2.94. The van der Waals surface area contributed by atoms with Gasteiger partial charge in [-0.25, -0.2) is 0 Å². The van der Waals surface area contributed by atoms with Crippen molar-refractivity contribution in [1.82, 2.24) is 19.8 Å². The van der Waals surface area contributed by atoms with Crippen molar-refractivity contribution in [2.45, 2.75) is 13.0 Å². The van der Waals surface area contributed by atoms with Gasteiger partial charge in [0.2, 0.25) is 0 Å². The van der Waals surface area contributed by atoms with E-state index in [0.29, 0.717) is 33.9 Å². The lowest BCUT2D eigenvalue weighted by molar-refractivity contribution is 0.128. The summed E-state index contributed by atoms with van der Waals surface area (Å²) in [5, 5.41) is 17.1. The predicted molar refractivity (Wildman–Crippen MR) is 91.2 cm³/mol. The number of fused-ring (bicyclic) bond motifs is 1. The van der Waals surface area contributed by atoms with E-state index in [0.717, 1.165) is 5.56 Å². The second-order valence-corrected chi connectivity index (χ2v) is 5.97. The number of nitrogens with one attached hydrogen (secondary N) is 1. The Bertz CT molecular complexity index is 816. The van der Waals surface area contributed by atoms with Crippen molar-refractivity contribution in [1.29, 1.82) is 0 Å². The average molecular weight is 352 g/mol. The Balaban J connectivity index is 1.98. The predicted octanol–water partition coefficient (Wildman–Crippen LogP) is 3.54. The lowest BCUT2D eigenvalue weighted by Gasteiger charge is -2.11. The second-order valence-electron chi connectivity index (χ2n) is 5.10. The molecule has 0 aliphatic heterocycles. The first-order chi connectivity index (χ1) is 11.1. The highest BCUT2D eigenvalue weighted by molar-refractivity contribution is 6.35. The molecular formula is C15H15Cl2N5O. The maximum Gasteiger partial charge on any atom is 0.185 e. The number of nitrogens with zero attached hydrogens (tertiary/aromatic N) is 4. The van der Waals surface area contributed by atoms with Crippen LogP contribution in [0.25, 0.3) is 17.0 Å². The molecule has 3 rings (SSSR count). The van der Waals surface area contributed by atoms with Crippen LogP contribution in [-0.4, -0.2) is 39.6 Å². The highest BCUT2D eigenvalue weighted by atomic mass is 35.5. The summed E-state index contributed by atoms with van der Waals surface area (Å²) in [5.41, 5.74) is 1.39. The Morgan fingerprint density at radius 2 is 1.91 bits per heavy atom. The number of hydrogen-bond donors (Lipinski definition) is 1. The fourth-order valence-corrected chi connectivity index (χ4v) is 2.60. The minimum atomic E-state index is 0.0830. The smallest absolute Gasteiger partial charge is 0.185 e. The van der Waals surface area contributed by atoms with Gasteiger partial charge in [-0.15, -0.1) is 15.3 Å². The van der Waals surface area contributed by atoms with Gasteiger partial charge in [0.15, 0.2) is 11.5 Å². The van der Waals surface area contributed by atoms with Gasteiger partial charge in [-0.3, -0.25) is 0 Å². The molecule has 120 valence electrons. The van der Waals surface area contributed by atoms with Crippen LogP contribution in [0, 0.1) is 0 Å². The molecule has 6 nitrogen and oxygen atoms in total. The van der Waals surface area contributed by atoms with E-state index in [-0.39, 0.29) is 6.10 Å². The molecular weight excluding hydrogens is 337 g/mol. The van der Waals surface area contributed by atoms with Gasteiger partial charge in [-0.05, 0) is 37.3 Å². The molecule has 1 aromatic carbocycles. The summed E-state index contributed by atoms with van der Waals surface area (Å²) < 4.78 is 6.87. The first kappa shape index (κ1) is 16.0. The fraction of sp³-hybridized carbons (Fsp3) is 0.267. The van der Waals surface area contributed by atoms with E-state index in [1.807, 2.05) is 19.1 Å². The molecule has 3 aromatic rings. The van der Waals surface area contributed by atoms with Crippen molar-refractivity contribution in [2.75, 3.05) is 19.0 Å². The lowest BCUT2D eigenvalue weighted by atomic mass is 10.2. The SMILES string of the molecule is COC(C)CNc1ccc2nnc(-c3cc(Cl)cc(Cl)c3)n2n1. The molecule has 0 radical (unpaired) electrons. The van der Waals surface area contributed by atoms with Crippen LogP contribution in [0.2, 0.25) is 10.0 Å². The van der Waals surface area contributed by atoms with Crippen molar-refractivity contribution in [3.63, 3.8) is 0 Å². The molecule has 2 heterocycles. The van der Waals surface area contributed by atoms with Crippen LogP contribution in [0.4, 0.5) is 5.82 Å². The molecule has 1 unspecified atom stereocenters. The zero-order valence-electron chi connectivity index (χ0n) is 12.6. The Hall–Kier alpha value is -1.89. The van der Waals surface area contributed by atoms with E-state index in [4.69, 9.17) is 27.9 Å². The van der Waals surface area contributed by atoms with Gasteiger partial charge in [0.05, 0.1) is 6.10 Å². The largest absolute Gasteiger partial charge is 0.380 e. The highest BCUT2D eigenvalue weighted by Gasteiger charge is 2.12. The quantitative estimate of drug-likeness (QED) is 0.761. The van der Waals surface area contributed by atoms with Crippen LogP contribution < -0.4 is 5.32 Å². The number of ether oxygens (including phenoxy) is 1. The van der Waals surface area contributed by atoms with Crippen molar-refractivity contribution in [3.8, 4) is 11.4 Å². The molecule has 0 spiro atoms. The standard InChI is InChI=1S/C15H15Cl2N5O/c1-9(23-2)8-18-13-3-4-14-19-20-15(22(14)21-13)10-5-11(16)7-12(17)6-10/h3-7,9H,8H2,1-2H3,(H,18,21). The lowest BCUT2D eigenvalue weighted by Crippen LogP contribution is -2.19. The summed E-state index contributed by atoms with van der Waals surface area (Å²) in [7, 11) is 1.67. The van der Waals surface area contributed by atoms with Gasteiger partial charge in [0.1, 0.15) is 5.82 Å². The molecule has 0 saturated heterocycles. The number of benzene rings is 1. The van der Waals surface area contributed by atoms with E-state index in [9.17, 15) is 0 Å². The molecule has 0 aliphatic carbocycles. The van der Waals surface area contributed by atoms with Gasteiger partial charge < -0.3 is 10.1 Å². The summed E-state index contributed by atoms with van der Waals surface area (Å²) in [5.74, 6) is 1.28. The molecule has 1 atom stereocenters. The molecule has 2 aromatic heterocycles. The third-order valence-corrected chi connectivity index (χ3v) is 3.79. The number of aromatic nitrogens is 4. The van der Waals surface area contributed by atoms with Gasteiger partial charge in [-0.2, -0.15) is 4.52 Å². The van der Waals surface area contributed by atoms with Crippen LogP contribution in [0.3, 0.4) is 0 Å². The molecule has 8 heteroatoms. The van der Waals surface area contributed by atoms with E-state index >= 15 is 0 Å². The third-order valence-electron chi connectivity index (χ3n) is 3.36. The fourth-order valence-electron chi connectivity index (χ4n) is 2.08. The normalized spacial score (nSPS) is 12.5. The first-order valence-corrected chi connectivity index (χ1v) is 7.78. The van der Waals surface area contributed by atoms with Crippen LogP contribution >= 0.6 is 23.2 Å². The summed E-state index contributed by atoms with van der Waals surface area (Å²) >= 11 is 12.1. The van der Waals surface area contributed by atoms with Crippen LogP contribution in [-0.2, 0) is 4.74 Å². The number of rotatable bonds is 5. The molecule has 23 heavy (non-hydrogen) atoms. The van der Waals surface area contributed by atoms with E-state index in [2.05, 4.69) is 20.6 Å². The minimum Gasteiger partial charge on any atom is -0.380 e. The van der Waals surface area contributed by atoms with Crippen LogP contribution in [0.1, 0.15) is 6.92 Å². The minimum absolute atomic E-state index is 0.0830.